The first-order valence-electron chi connectivity index (χ1n) is 9.62. The Balaban J connectivity index is 2.38. The van der Waals surface area contributed by atoms with Gasteiger partial charge in [0.1, 0.15) is 11.3 Å². The zero-order valence-electron chi connectivity index (χ0n) is 17.2. The van der Waals surface area contributed by atoms with Gasteiger partial charge in [-0.25, -0.2) is 4.79 Å². The highest BCUT2D eigenvalue weighted by Gasteiger charge is 2.26. The number of nitrogens with zero attached hydrogens (tertiary/aromatic N) is 2. The van der Waals surface area contributed by atoms with E-state index >= 15 is 0 Å². The molecule has 1 atom stereocenters. The van der Waals surface area contributed by atoms with Crippen molar-refractivity contribution in [3.05, 3.63) is 63.0 Å². The molecular formula is C22H30N2O3. The van der Waals surface area contributed by atoms with E-state index in [4.69, 9.17) is 4.42 Å². The number of amides is 1. The van der Waals surface area contributed by atoms with Crippen LogP contribution in [-0.2, 0) is 6.54 Å². The van der Waals surface area contributed by atoms with E-state index in [2.05, 4.69) is 11.9 Å². The standard InChI is InChI=1S/C22H30N2O3/c1-7-9-16(5)19-12-17(6)20(22(26)27-19)21(25)24(14(2)3)13-18-15(4)10-8-11-23-18/h8,10-12,14,16H,7,9,13H2,1-6H3. The predicted octanol–water partition coefficient (Wildman–Crippen LogP) is 4.61. The molecule has 0 aliphatic heterocycles. The Morgan fingerprint density at radius 1 is 1.22 bits per heavy atom. The lowest BCUT2D eigenvalue weighted by molar-refractivity contribution is 0.0681. The van der Waals surface area contributed by atoms with Gasteiger partial charge < -0.3 is 9.32 Å². The number of hydrogen-bond acceptors (Lipinski definition) is 4. The van der Waals surface area contributed by atoms with Crippen LogP contribution in [0.3, 0.4) is 0 Å². The minimum atomic E-state index is -0.554. The fourth-order valence-electron chi connectivity index (χ4n) is 3.19. The van der Waals surface area contributed by atoms with Crippen molar-refractivity contribution in [2.24, 2.45) is 0 Å². The fourth-order valence-corrected chi connectivity index (χ4v) is 3.19. The number of aryl methyl sites for hydroxylation is 2. The van der Waals surface area contributed by atoms with E-state index < -0.39 is 5.63 Å². The summed E-state index contributed by atoms with van der Waals surface area (Å²) in [5.41, 5.74) is 2.07. The average Bonchev–Trinajstić information content (AvgIpc) is 2.60. The summed E-state index contributed by atoms with van der Waals surface area (Å²) in [6.07, 6.45) is 3.66. The maximum atomic E-state index is 13.2. The second-order valence-electron chi connectivity index (χ2n) is 7.48. The molecule has 0 spiro atoms. The summed E-state index contributed by atoms with van der Waals surface area (Å²) in [7, 11) is 0. The molecule has 2 aromatic rings. The molecule has 0 fully saturated rings. The summed E-state index contributed by atoms with van der Waals surface area (Å²) in [6, 6.07) is 5.60. The monoisotopic (exact) mass is 370 g/mol. The summed E-state index contributed by atoms with van der Waals surface area (Å²) in [6.45, 7) is 12.1. The van der Waals surface area contributed by atoms with E-state index in [1.54, 1.807) is 18.0 Å². The van der Waals surface area contributed by atoms with Crippen molar-refractivity contribution in [2.75, 3.05) is 0 Å². The highest BCUT2D eigenvalue weighted by atomic mass is 16.4. The van der Waals surface area contributed by atoms with Gasteiger partial charge in [0.05, 0.1) is 12.2 Å². The van der Waals surface area contributed by atoms with Crippen LogP contribution in [0.15, 0.2) is 33.6 Å². The van der Waals surface area contributed by atoms with E-state index in [1.165, 1.54) is 0 Å². The minimum Gasteiger partial charge on any atom is -0.427 e. The smallest absolute Gasteiger partial charge is 0.349 e. The Kier molecular flexibility index (Phi) is 6.94. The summed E-state index contributed by atoms with van der Waals surface area (Å²) in [5, 5.41) is 0. The molecule has 2 aromatic heterocycles. The highest BCUT2D eigenvalue weighted by molar-refractivity contribution is 5.95. The van der Waals surface area contributed by atoms with E-state index in [0.717, 1.165) is 24.1 Å². The van der Waals surface area contributed by atoms with Crippen LogP contribution in [0.2, 0.25) is 0 Å². The van der Waals surface area contributed by atoms with Crippen molar-refractivity contribution in [1.29, 1.82) is 0 Å². The molecule has 0 N–H and O–H groups in total. The van der Waals surface area contributed by atoms with Crippen molar-refractivity contribution in [2.45, 2.75) is 72.9 Å². The molecule has 2 heterocycles. The SMILES string of the molecule is CCCC(C)c1cc(C)c(C(=O)N(Cc2ncccc2C)C(C)C)c(=O)o1. The predicted molar refractivity (Wildman–Crippen MR) is 107 cm³/mol. The Bertz CT molecular complexity index is 855. The van der Waals surface area contributed by atoms with Gasteiger partial charge in [-0.05, 0) is 57.4 Å². The maximum Gasteiger partial charge on any atom is 0.349 e. The van der Waals surface area contributed by atoms with Crippen molar-refractivity contribution >= 4 is 5.91 Å². The molecule has 0 saturated carbocycles. The number of pyridine rings is 1. The lowest BCUT2D eigenvalue weighted by Gasteiger charge is -2.27. The van der Waals surface area contributed by atoms with Gasteiger partial charge in [-0.15, -0.1) is 0 Å². The molecule has 0 aromatic carbocycles. The molecule has 0 aliphatic carbocycles. The Hall–Kier alpha value is -2.43. The first-order chi connectivity index (χ1) is 12.8. The van der Waals surface area contributed by atoms with Gasteiger partial charge in [0.15, 0.2) is 0 Å². The van der Waals surface area contributed by atoms with Gasteiger partial charge in [-0.3, -0.25) is 9.78 Å². The zero-order chi connectivity index (χ0) is 20.1. The van der Waals surface area contributed by atoms with Gasteiger partial charge in [0.2, 0.25) is 0 Å². The molecule has 5 heteroatoms. The van der Waals surface area contributed by atoms with Crippen LogP contribution in [0.4, 0.5) is 0 Å². The Morgan fingerprint density at radius 2 is 1.93 bits per heavy atom. The number of carbonyl (C=O) groups excluding carboxylic acids is 1. The van der Waals surface area contributed by atoms with Crippen LogP contribution in [0.5, 0.6) is 0 Å². The molecule has 1 unspecified atom stereocenters. The van der Waals surface area contributed by atoms with Gasteiger partial charge in [0, 0.05) is 18.2 Å². The van der Waals surface area contributed by atoms with Crippen LogP contribution in [0, 0.1) is 13.8 Å². The van der Waals surface area contributed by atoms with Crippen LogP contribution in [0.25, 0.3) is 0 Å². The first kappa shape index (κ1) is 20.9. The van der Waals surface area contributed by atoms with Gasteiger partial charge in [-0.1, -0.05) is 26.3 Å². The molecule has 0 radical (unpaired) electrons. The highest BCUT2D eigenvalue weighted by Crippen LogP contribution is 2.22. The number of hydrogen-bond donors (Lipinski definition) is 0. The molecule has 5 nitrogen and oxygen atoms in total. The molecule has 27 heavy (non-hydrogen) atoms. The molecule has 146 valence electrons. The second-order valence-corrected chi connectivity index (χ2v) is 7.48. The topological polar surface area (TPSA) is 63.4 Å². The quantitative estimate of drug-likeness (QED) is 0.714. The van der Waals surface area contributed by atoms with E-state index in [1.807, 2.05) is 45.9 Å². The lowest BCUT2D eigenvalue weighted by Crippen LogP contribution is -2.39. The third-order valence-electron chi connectivity index (χ3n) is 4.91. The zero-order valence-corrected chi connectivity index (χ0v) is 17.2. The molecule has 2 rings (SSSR count). The van der Waals surface area contributed by atoms with Crippen molar-refractivity contribution in [1.82, 2.24) is 9.88 Å². The molecule has 0 aliphatic rings. The molecule has 1 amide bonds. The molecule has 0 saturated heterocycles. The lowest BCUT2D eigenvalue weighted by atomic mass is 10.00. The Labute approximate surface area is 161 Å². The summed E-state index contributed by atoms with van der Waals surface area (Å²) in [4.78, 5) is 31.9. The van der Waals surface area contributed by atoms with Crippen molar-refractivity contribution in [3.8, 4) is 0 Å². The molecular weight excluding hydrogens is 340 g/mol. The summed E-state index contributed by atoms with van der Waals surface area (Å²) >= 11 is 0. The summed E-state index contributed by atoms with van der Waals surface area (Å²) < 4.78 is 5.51. The van der Waals surface area contributed by atoms with E-state index in [9.17, 15) is 9.59 Å². The van der Waals surface area contributed by atoms with Gasteiger partial charge in [-0.2, -0.15) is 0 Å². The van der Waals surface area contributed by atoms with E-state index in [0.29, 0.717) is 17.9 Å². The third-order valence-corrected chi connectivity index (χ3v) is 4.91. The largest absolute Gasteiger partial charge is 0.427 e. The van der Waals surface area contributed by atoms with Crippen LogP contribution in [0.1, 0.15) is 79.4 Å². The normalized spacial score (nSPS) is 12.3. The second kappa shape index (κ2) is 8.98. The minimum absolute atomic E-state index is 0.0728. The van der Waals surface area contributed by atoms with Crippen LogP contribution >= 0.6 is 0 Å². The summed E-state index contributed by atoms with van der Waals surface area (Å²) in [5.74, 6) is 0.492. The van der Waals surface area contributed by atoms with Crippen molar-refractivity contribution in [3.63, 3.8) is 0 Å². The average molecular weight is 370 g/mol. The number of rotatable bonds is 7. The third kappa shape index (κ3) is 4.85. The van der Waals surface area contributed by atoms with Crippen LogP contribution < -0.4 is 5.63 Å². The molecule has 0 bridgehead atoms. The van der Waals surface area contributed by atoms with E-state index in [-0.39, 0.29) is 23.4 Å². The number of aromatic nitrogens is 1. The number of carbonyl (C=O) groups is 1. The van der Waals surface area contributed by atoms with Crippen LogP contribution in [-0.4, -0.2) is 21.8 Å². The first-order valence-corrected chi connectivity index (χ1v) is 9.62. The fraction of sp³-hybridized carbons (Fsp3) is 0.500. The van der Waals surface area contributed by atoms with Gasteiger partial charge in [0.25, 0.3) is 5.91 Å². The van der Waals surface area contributed by atoms with Crippen molar-refractivity contribution < 1.29 is 9.21 Å². The van der Waals surface area contributed by atoms with Gasteiger partial charge >= 0.3 is 5.63 Å². The Morgan fingerprint density at radius 3 is 2.48 bits per heavy atom. The maximum absolute atomic E-state index is 13.2.